The van der Waals surface area contributed by atoms with Crippen molar-refractivity contribution in [1.82, 2.24) is 10.6 Å². The second-order valence-electron chi connectivity index (χ2n) is 7.41. The largest absolute Gasteiger partial charge is 0.497 e. The Morgan fingerprint density at radius 1 is 1.24 bits per heavy atom. The number of thiophene rings is 1. The number of thiocarbonyl (C=S) groups is 1. The van der Waals surface area contributed by atoms with Crippen molar-refractivity contribution in [2.75, 3.05) is 25.6 Å². The van der Waals surface area contributed by atoms with Gasteiger partial charge < -0.3 is 20.1 Å². The van der Waals surface area contributed by atoms with Crippen LogP contribution >= 0.6 is 35.2 Å². The summed E-state index contributed by atoms with van der Waals surface area (Å²) < 4.78 is 11.6. The van der Waals surface area contributed by atoms with Crippen molar-refractivity contribution < 1.29 is 19.1 Å². The quantitative estimate of drug-likeness (QED) is 0.426. The molecule has 0 bridgehead atoms. The summed E-state index contributed by atoms with van der Waals surface area (Å²) in [5, 5.41) is 9.65. The maximum atomic E-state index is 12.8. The first kappa shape index (κ1) is 23.4. The highest BCUT2D eigenvalue weighted by Crippen LogP contribution is 2.37. The standard InChI is InChI=1S/C23H22ClN3O4S2/c1-30-13-8-9-16-18(11-13)33-20(19(16)24)22(29)27-23(32)26-17-7-3-2-6-15(17)21(28)25-12-14-5-4-10-31-14/h2-3,6-9,11,14H,4-5,10,12H2,1H3,(H,25,28)(H2,26,27,29,32). The molecule has 4 rings (SSSR count). The summed E-state index contributed by atoms with van der Waals surface area (Å²) in [6.45, 7) is 1.17. The van der Waals surface area contributed by atoms with Gasteiger partial charge in [0.2, 0.25) is 0 Å². The monoisotopic (exact) mass is 503 g/mol. The minimum absolute atomic E-state index is 0.0421. The highest BCUT2D eigenvalue weighted by molar-refractivity contribution is 7.80. The van der Waals surface area contributed by atoms with Crippen molar-refractivity contribution in [3.63, 3.8) is 0 Å². The number of carbonyl (C=O) groups excluding carboxylic acids is 2. The molecule has 3 aromatic rings. The predicted molar refractivity (Wildman–Crippen MR) is 135 cm³/mol. The second kappa shape index (κ2) is 10.5. The van der Waals surface area contributed by atoms with Gasteiger partial charge in [0.05, 0.1) is 29.5 Å². The number of rotatable bonds is 6. The number of nitrogens with one attached hydrogen (secondary N) is 3. The van der Waals surface area contributed by atoms with Crippen LogP contribution in [0.15, 0.2) is 42.5 Å². The number of hydrogen-bond acceptors (Lipinski definition) is 6. The van der Waals surface area contributed by atoms with Crippen LogP contribution < -0.4 is 20.7 Å². The first-order valence-corrected chi connectivity index (χ1v) is 11.9. The molecule has 7 nitrogen and oxygen atoms in total. The van der Waals surface area contributed by atoms with Crippen molar-refractivity contribution in [2.24, 2.45) is 0 Å². The van der Waals surface area contributed by atoms with Crippen LogP contribution in [-0.4, -0.2) is 43.3 Å². The fraction of sp³-hybridized carbons (Fsp3) is 0.261. The molecule has 1 aromatic heterocycles. The number of halogens is 1. The molecule has 0 saturated carbocycles. The van der Waals surface area contributed by atoms with Crippen LogP contribution in [0, 0.1) is 0 Å². The number of para-hydroxylation sites is 1. The molecule has 1 saturated heterocycles. The van der Waals surface area contributed by atoms with Gasteiger partial charge in [-0.1, -0.05) is 23.7 Å². The molecule has 172 valence electrons. The van der Waals surface area contributed by atoms with Crippen LogP contribution in [0.5, 0.6) is 5.75 Å². The Kier molecular flexibility index (Phi) is 7.44. The van der Waals surface area contributed by atoms with Gasteiger partial charge in [0, 0.05) is 23.2 Å². The number of anilines is 1. The van der Waals surface area contributed by atoms with E-state index < -0.39 is 5.91 Å². The van der Waals surface area contributed by atoms with E-state index in [-0.39, 0.29) is 17.1 Å². The van der Waals surface area contributed by atoms with E-state index in [0.29, 0.717) is 33.4 Å². The molecule has 1 fully saturated rings. The van der Waals surface area contributed by atoms with Gasteiger partial charge in [0.25, 0.3) is 11.8 Å². The molecule has 0 radical (unpaired) electrons. The Labute approximate surface area is 205 Å². The number of benzene rings is 2. The summed E-state index contributed by atoms with van der Waals surface area (Å²) in [5.74, 6) is 0.00106. The molecule has 10 heteroatoms. The zero-order valence-corrected chi connectivity index (χ0v) is 20.2. The van der Waals surface area contributed by atoms with Gasteiger partial charge in [-0.2, -0.15) is 0 Å². The van der Waals surface area contributed by atoms with E-state index in [1.54, 1.807) is 37.4 Å². The number of carbonyl (C=O) groups is 2. The molecule has 1 aliphatic heterocycles. The Balaban J connectivity index is 1.42. The fourth-order valence-corrected chi connectivity index (χ4v) is 5.17. The molecule has 1 unspecified atom stereocenters. The van der Waals surface area contributed by atoms with E-state index in [4.69, 9.17) is 33.3 Å². The summed E-state index contributed by atoms with van der Waals surface area (Å²) in [5.41, 5.74) is 0.902. The zero-order chi connectivity index (χ0) is 23.4. The Bertz CT molecular complexity index is 1210. The third kappa shape index (κ3) is 5.44. The number of ether oxygens (including phenoxy) is 2. The maximum absolute atomic E-state index is 12.8. The van der Waals surface area contributed by atoms with E-state index in [1.165, 1.54) is 11.3 Å². The molecule has 1 atom stereocenters. The number of fused-ring (bicyclic) bond motifs is 1. The van der Waals surface area contributed by atoms with Crippen molar-refractivity contribution in [3.05, 3.63) is 57.9 Å². The average molecular weight is 504 g/mol. The first-order valence-electron chi connectivity index (χ1n) is 10.3. The minimum Gasteiger partial charge on any atom is -0.497 e. The highest BCUT2D eigenvalue weighted by Gasteiger charge is 2.20. The van der Waals surface area contributed by atoms with Gasteiger partial charge in [-0.3, -0.25) is 14.9 Å². The van der Waals surface area contributed by atoms with Crippen molar-refractivity contribution >= 4 is 67.9 Å². The third-order valence-corrected chi connectivity index (χ3v) is 7.06. The molecule has 2 aromatic carbocycles. The van der Waals surface area contributed by atoms with Gasteiger partial charge in [0.15, 0.2) is 5.11 Å². The summed E-state index contributed by atoms with van der Waals surface area (Å²) in [6, 6.07) is 12.4. The lowest BCUT2D eigenvalue weighted by molar-refractivity contribution is 0.0858. The van der Waals surface area contributed by atoms with Crippen LogP contribution in [0.3, 0.4) is 0 Å². The smallest absolute Gasteiger partial charge is 0.269 e. The molecule has 0 aliphatic carbocycles. The van der Waals surface area contributed by atoms with Gasteiger partial charge in [-0.25, -0.2) is 0 Å². The summed E-state index contributed by atoms with van der Waals surface area (Å²) >= 11 is 13.0. The number of amides is 2. The lowest BCUT2D eigenvalue weighted by Gasteiger charge is -2.15. The zero-order valence-electron chi connectivity index (χ0n) is 17.8. The first-order chi connectivity index (χ1) is 16.0. The lowest BCUT2D eigenvalue weighted by atomic mass is 10.1. The average Bonchev–Trinajstić information content (AvgIpc) is 3.45. The number of hydrogen-bond donors (Lipinski definition) is 3. The summed E-state index contributed by atoms with van der Waals surface area (Å²) in [6.07, 6.45) is 1.98. The fourth-order valence-electron chi connectivity index (χ4n) is 3.53. The van der Waals surface area contributed by atoms with E-state index in [1.807, 2.05) is 12.1 Å². The minimum atomic E-state index is -0.432. The topological polar surface area (TPSA) is 88.7 Å². The summed E-state index contributed by atoms with van der Waals surface area (Å²) in [7, 11) is 1.58. The van der Waals surface area contributed by atoms with Crippen molar-refractivity contribution in [1.29, 1.82) is 0 Å². The Morgan fingerprint density at radius 3 is 2.82 bits per heavy atom. The van der Waals surface area contributed by atoms with Crippen LogP contribution in [0.25, 0.3) is 10.1 Å². The van der Waals surface area contributed by atoms with E-state index in [0.717, 1.165) is 29.5 Å². The Hall–Kier alpha value is -2.72. The van der Waals surface area contributed by atoms with Gasteiger partial charge in [-0.05, 0) is 55.4 Å². The SMILES string of the molecule is COc1ccc2c(Cl)c(C(=O)NC(=S)Nc3ccccc3C(=O)NCC3CCCO3)sc2c1. The second-order valence-corrected chi connectivity index (χ2v) is 9.24. The molecular formula is C23H22ClN3O4S2. The van der Waals surface area contributed by atoms with Crippen LogP contribution in [-0.2, 0) is 4.74 Å². The molecule has 0 spiro atoms. The van der Waals surface area contributed by atoms with Gasteiger partial charge in [-0.15, -0.1) is 11.3 Å². The van der Waals surface area contributed by atoms with Crippen LogP contribution in [0.2, 0.25) is 5.02 Å². The maximum Gasteiger partial charge on any atom is 0.269 e. The third-order valence-electron chi connectivity index (χ3n) is 5.20. The van der Waals surface area contributed by atoms with Crippen LogP contribution in [0.1, 0.15) is 32.9 Å². The van der Waals surface area contributed by atoms with E-state index in [9.17, 15) is 9.59 Å². The molecule has 33 heavy (non-hydrogen) atoms. The molecule has 1 aliphatic rings. The normalized spacial score (nSPS) is 15.3. The molecule has 3 N–H and O–H groups in total. The van der Waals surface area contributed by atoms with Crippen LogP contribution in [0.4, 0.5) is 5.69 Å². The highest BCUT2D eigenvalue weighted by atomic mass is 35.5. The van der Waals surface area contributed by atoms with E-state index >= 15 is 0 Å². The van der Waals surface area contributed by atoms with Gasteiger partial charge >= 0.3 is 0 Å². The van der Waals surface area contributed by atoms with Gasteiger partial charge in [0.1, 0.15) is 10.6 Å². The predicted octanol–water partition coefficient (Wildman–Crippen LogP) is 4.60. The van der Waals surface area contributed by atoms with Crippen molar-refractivity contribution in [2.45, 2.75) is 18.9 Å². The number of methoxy groups -OCH3 is 1. The summed E-state index contributed by atoms with van der Waals surface area (Å²) in [4.78, 5) is 25.8. The lowest BCUT2D eigenvalue weighted by Crippen LogP contribution is -2.35. The van der Waals surface area contributed by atoms with E-state index in [2.05, 4.69) is 16.0 Å². The molecule has 2 amide bonds. The van der Waals surface area contributed by atoms with Crippen molar-refractivity contribution in [3.8, 4) is 5.75 Å². The molecule has 2 heterocycles. The molecular weight excluding hydrogens is 482 g/mol. The Morgan fingerprint density at radius 2 is 2.06 bits per heavy atom.